The van der Waals surface area contributed by atoms with E-state index in [-0.39, 0.29) is 5.91 Å². The zero-order chi connectivity index (χ0) is 14.1. The summed E-state index contributed by atoms with van der Waals surface area (Å²) in [5.41, 5.74) is 3.05. The van der Waals surface area contributed by atoms with Crippen molar-refractivity contribution in [2.24, 2.45) is 0 Å². The summed E-state index contributed by atoms with van der Waals surface area (Å²) in [6, 6.07) is 12.3. The molecule has 2 N–H and O–H groups in total. The highest BCUT2D eigenvalue weighted by Crippen LogP contribution is 2.20. The highest BCUT2D eigenvalue weighted by Gasteiger charge is 2.10. The Balaban J connectivity index is 1.95. The van der Waals surface area contributed by atoms with Gasteiger partial charge in [-0.2, -0.15) is 0 Å². The number of aromatic amines is 1. The summed E-state index contributed by atoms with van der Waals surface area (Å²) < 4.78 is 4.95. The smallest absolute Gasteiger partial charge is 0.408 e. The van der Waals surface area contributed by atoms with Crippen LogP contribution in [0.25, 0.3) is 11.1 Å². The number of carbonyl (C=O) groups excluding carboxylic acids is 1. The number of amides is 1. The SMILES string of the molecule is Cc1ccc(C(=O)Nc2cccc3oc(=O)[nH]c23)cc1. The van der Waals surface area contributed by atoms with Gasteiger partial charge in [0.25, 0.3) is 5.91 Å². The van der Waals surface area contributed by atoms with Gasteiger partial charge in [0, 0.05) is 5.56 Å². The van der Waals surface area contributed by atoms with Crippen LogP contribution < -0.4 is 11.1 Å². The van der Waals surface area contributed by atoms with E-state index in [9.17, 15) is 9.59 Å². The summed E-state index contributed by atoms with van der Waals surface area (Å²) in [6.07, 6.45) is 0. The number of carbonyl (C=O) groups is 1. The number of hydrogen-bond donors (Lipinski definition) is 2. The number of nitrogens with one attached hydrogen (secondary N) is 2. The second-order valence-corrected chi connectivity index (χ2v) is 4.51. The lowest BCUT2D eigenvalue weighted by atomic mass is 10.1. The topological polar surface area (TPSA) is 75.1 Å². The van der Waals surface area contributed by atoms with E-state index in [1.165, 1.54) is 0 Å². The van der Waals surface area contributed by atoms with Crippen LogP contribution in [-0.4, -0.2) is 10.9 Å². The number of para-hydroxylation sites is 1. The number of anilines is 1. The van der Waals surface area contributed by atoms with Gasteiger partial charge in [-0.25, -0.2) is 4.79 Å². The van der Waals surface area contributed by atoms with E-state index >= 15 is 0 Å². The van der Waals surface area contributed by atoms with Gasteiger partial charge in [-0.05, 0) is 31.2 Å². The van der Waals surface area contributed by atoms with Crippen molar-refractivity contribution >= 4 is 22.7 Å². The average Bonchev–Trinajstić information content (AvgIpc) is 2.81. The molecule has 3 aromatic rings. The summed E-state index contributed by atoms with van der Waals surface area (Å²) in [4.78, 5) is 25.9. The number of rotatable bonds is 2. The molecule has 0 aliphatic heterocycles. The van der Waals surface area contributed by atoms with E-state index in [1.807, 2.05) is 19.1 Å². The van der Waals surface area contributed by atoms with Crippen LogP contribution in [0.5, 0.6) is 0 Å². The second kappa shape index (κ2) is 4.70. The Morgan fingerprint density at radius 1 is 1.15 bits per heavy atom. The molecule has 20 heavy (non-hydrogen) atoms. The van der Waals surface area contributed by atoms with Crippen LogP contribution in [0.15, 0.2) is 51.7 Å². The molecule has 0 fully saturated rings. The molecule has 0 aliphatic carbocycles. The zero-order valence-electron chi connectivity index (χ0n) is 10.8. The van der Waals surface area contributed by atoms with Gasteiger partial charge >= 0.3 is 5.76 Å². The van der Waals surface area contributed by atoms with Crippen LogP contribution >= 0.6 is 0 Å². The van der Waals surface area contributed by atoms with Gasteiger partial charge in [-0.15, -0.1) is 0 Å². The molecule has 1 amide bonds. The number of aryl methyl sites for hydroxylation is 1. The largest absolute Gasteiger partial charge is 0.417 e. The number of hydrogen-bond acceptors (Lipinski definition) is 3. The highest BCUT2D eigenvalue weighted by atomic mass is 16.4. The van der Waals surface area contributed by atoms with Gasteiger partial charge in [0.1, 0.15) is 5.52 Å². The summed E-state index contributed by atoms with van der Waals surface area (Å²) >= 11 is 0. The van der Waals surface area contributed by atoms with Crippen molar-refractivity contribution in [1.29, 1.82) is 0 Å². The first kappa shape index (κ1) is 12.2. The lowest BCUT2D eigenvalue weighted by Crippen LogP contribution is -2.12. The van der Waals surface area contributed by atoms with Crippen LogP contribution in [0, 0.1) is 6.92 Å². The number of oxazole rings is 1. The van der Waals surface area contributed by atoms with Crippen molar-refractivity contribution < 1.29 is 9.21 Å². The number of aromatic nitrogens is 1. The summed E-state index contributed by atoms with van der Waals surface area (Å²) in [6.45, 7) is 1.96. The molecule has 5 heteroatoms. The molecule has 100 valence electrons. The first-order valence-corrected chi connectivity index (χ1v) is 6.13. The molecular formula is C15H12N2O3. The fourth-order valence-electron chi connectivity index (χ4n) is 1.98. The van der Waals surface area contributed by atoms with Gasteiger partial charge in [0.2, 0.25) is 0 Å². The number of fused-ring (bicyclic) bond motifs is 1. The molecule has 3 rings (SSSR count). The van der Waals surface area contributed by atoms with E-state index in [2.05, 4.69) is 10.3 Å². The third kappa shape index (κ3) is 2.21. The minimum Gasteiger partial charge on any atom is -0.408 e. The van der Waals surface area contributed by atoms with Crippen molar-refractivity contribution in [3.05, 3.63) is 64.1 Å². The Morgan fingerprint density at radius 2 is 1.90 bits per heavy atom. The van der Waals surface area contributed by atoms with Gasteiger partial charge in [0.15, 0.2) is 5.58 Å². The van der Waals surface area contributed by atoms with Gasteiger partial charge in [-0.1, -0.05) is 23.8 Å². The summed E-state index contributed by atoms with van der Waals surface area (Å²) in [7, 11) is 0. The van der Waals surface area contributed by atoms with Gasteiger partial charge in [-0.3, -0.25) is 9.78 Å². The monoisotopic (exact) mass is 268 g/mol. The third-order valence-electron chi connectivity index (χ3n) is 3.02. The molecule has 0 bridgehead atoms. The molecule has 2 aromatic carbocycles. The molecule has 1 heterocycles. The van der Waals surface area contributed by atoms with Crippen LogP contribution in [-0.2, 0) is 0 Å². The predicted octanol–water partition coefficient (Wildman–Crippen LogP) is 2.68. The van der Waals surface area contributed by atoms with Gasteiger partial charge < -0.3 is 9.73 Å². The van der Waals surface area contributed by atoms with Crippen molar-refractivity contribution in [2.45, 2.75) is 6.92 Å². The number of H-pyrrole nitrogens is 1. The minimum absolute atomic E-state index is 0.237. The maximum absolute atomic E-state index is 12.1. The normalized spacial score (nSPS) is 10.7. The van der Waals surface area contributed by atoms with Crippen molar-refractivity contribution in [2.75, 3.05) is 5.32 Å². The Bertz CT molecular complexity index is 828. The average molecular weight is 268 g/mol. The van der Waals surface area contributed by atoms with E-state index in [1.54, 1.807) is 30.3 Å². The standard InChI is InChI=1S/C15H12N2O3/c1-9-5-7-10(8-6-9)14(18)16-11-3-2-4-12-13(11)17-15(19)20-12/h2-8H,1H3,(H,16,18)(H,17,19). The molecule has 0 aliphatic rings. The number of benzene rings is 2. The Kier molecular flexibility index (Phi) is 2.87. The van der Waals surface area contributed by atoms with Crippen molar-refractivity contribution in [1.82, 2.24) is 4.98 Å². The van der Waals surface area contributed by atoms with Crippen LogP contribution in [0.4, 0.5) is 5.69 Å². The second-order valence-electron chi connectivity index (χ2n) is 4.51. The molecule has 0 spiro atoms. The first-order valence-electron chi connectivity index (χ1n) is 6.13. The molecule has 0 saturated heterocycles. The molecule has 1 aromatic heterocycles. The minimum atomic E-state index is -0.544. The lowest BCUT2D eigenvalue weighted by molar-refractivity contribution is 0.102. The molecular weight excluding hydrogens is 256 g/mol. The maximum atomic E-state index is 12.1. The molecule has 5 nitrogen and oxygen atoms in total. The third-order valence-corrected chi connectivity index (χ3v) is 3.02. The highest BCUT2D eigenvalue weighted by molar-refractivity contribution is 6.07. The first-order chi connectivity index (χ1) is 9.63. The van der Waals surface area contributed by atoms with E-state index < -0.39 is 5.76 Å². The fraction of sp³-hybridized carbons (Fsp3) is 0.0667. The predicted molar refractivity (Wildman–Crippen MR) is 76.0 cm³/mol. The Morgan fingerprint density at radius 3 is 2.65 bits per heavy atom. The van der Waals surface area contributed by atoms with Crippen LogP contribution in [0.1, 0.15) is 15.9 Å². The molecule has 0 atom stereocenters. The maximum Gasteiger partial charge on any atom is 0.417 e. The van der Waals surface area contributed by atoms with Crippen LogP contribution in [0.2, 0.25) is 0 Å². The Hall–Kier alpha value is -2.82. The van der Waals surface area contributed by atoms with Crippen molar-refractivity contribution in [3.63, 3.8) is 0 Å². The summed E-state index contributed by atoms with van der Waals surface area (Å²) in [5, 5.41) is 2.76. The Labute approximate surface area is 114 Å². The van der Waals surface area contributed by atoms with Gasteiger partial charge in [0.05, 0.1) is 5.69 Å². The van der Waals surface area contributed by atoms with Crippen LogP contribution in [0.3, 0.4) is 0 Å². The molecule has 0 radical (unpaired) electrons. The molecule has 0 saturated carbocycles. The van der Waals surface area contributed by atoms with E-state index in [4.69, 9.17) is 4.42 Å². The quantitative estimate of drug-likeness (QED) is 0.750. The van der Waals surface area contributed by atoms with E-state index in [0.29, 0.717) is 22.4 Å². The molecule has 0 unspecified atom stereocenters. The zero-order valence-corrected chi connectivity index (χ0v) is 10.8. The summed E-state index contributed by atoms with van der Waals surface area (Å²) in [5.74, 6) is -0.781. The van der Waals surface area contributed by atoms with E-state index in [0.717, 1.165) is 5.56 Å². The lowest BCUT2D eigenvalue weighted by Gasteiger charge is -2.06. The van der Waals surface area contributed by atoms with Crippen molar-refractivity contribution in [3.8, 4) is 0 Å². The fourth-order valence-corrected chi connectivity index (χ4v) is 1.98.